The molecule has 0 radical (unpaired) electrons. The van der Waals surface area contributed by atoms with Gasteiger partial charge in [-0.25, -0.2) is 0 Å². The lowest BCUT2D eigenvalue weighted by molar-refractivity contribution is 0.375. The van der Waals surface area contributed by atoms with Crippen molar-refractivity contribution in [3.63, 3.8) is 0 Å². The van der Waals surface area contributed by atoms with Crippen molar-refractivity contribution in [2.45, 2.75) is 26.7 Å². The van der Waals surface area contributed by atoms with Crippen LogP contribution >= 0.6 is 11.6 Å². The first-order chi connectivity index (χ1) is 14.1. The van der Waals surface area contributed by atoms with Gasteiger partial charge in [-0.2, -0.15) is 0 Å². The third-order valence-corrected chi connectivity index (χ3v) is 4.90. The number of nitrogens with one attached hydrogen (secondary N) is 2. The highest BCUT2D eigenvalue weighted by molar-refractivity contribution is 6.31. The average molecular weight is 413 g/mol. The quantitative estimate of drug-likeness (QED) is 0.330. The van der Waals surface area contributed by atoms with Crippen LogP contribution in [0.3, 0.4) is 0 Å². The number of benzene rings is 1. The van der Waals surface area contributed by atoms with Crippen LogP contribution in [0.25, 0.3) is 10.9 Å². The normalized spacial score (nSPS) is 11.6. The Morgan fingerprint density at radius 3 is 2.79 bits per heavy atom. The molecule has 156 valence electrons. The van der Waals surface area contributed by atoms with Crippen LogP contribution in [0.2, 0.25) is 5.02 Å². The molecular weight excluding hydrogens is 380 g/mol. The molecule has 1 heterocycles. The first-order valence-corrected chi connectivity index (χ1v) is 10.7. The van der Waals surface area contributed by atoms with E-state index in [1.807, 2.05) is 49.5 Å². The summed E-state index contributed by atoms with van der Waals surface area (Å²) in [5.74, 6) is 0. The van der Waals surface area contributed by atoms with E-state index in [-0.39, 0.29) is 0 Å². The van der Waals surface area contributed by atoms with Crippen molar-refractivity contribution in [2.75, 3.05) is 38.0 Å². The van der Waals surface area contributed by atoms with Crippen LogP contribution in [0.4, 0.5) is 5.69 Å². The van der Waals surface area contributed by atoms with Gasteiger partial charge < -0.3 is 15.5 Å². The minimum absolute atomic E-state index is 0.715. The SMILES string of the molecule is C=C(C)N(C/C=C\C=C/C)CCNCCCCNc1ccnc2cc(Cl)ccc12. The summed E-state index contributed by atoms with van der Waals surface area (Å²) in [6, 6.07) is 7.85. The van der Waals surface area contributed by atoms with E-state index in [2.05, 4.69) is 46.2 Å². The van der Waals surface area contributed by atoms with E-state index in [0.717, 1.165) is 67.9 Å². The second kappa shape index (κ2) is 13.0. The van der Waals surface area contributed by atoms with Crippen molar-refractivity contribution in [3.8, 4) is 0 Å². The molecule has 0 saturated carbocycles. The first kappa shape index (κ1) is 23.0. The van der Waals surface area contributed by atoms with Gasteiger partial charge in [-0.05, 0) is 57.5 Å². The van der Waals surface area contributed by atoms with Gasteiger partial charge in [0, 0.05) is 54.2 Å². The summed E-state index contributed by atoms with van der Waals surface area (Å²) < 4.78 is 0. The second-order valence-electron chi connectivity index (χ2n) is 7.04. The highest BCUT2D eigenvalue weighted by Gasteiger charge is 2.03. The summed E-state index contributed by atoms with van der Waals surface area (Å²) in [5, 5.41) is 8.88. The summed E-state index contributed by atoms with van der Waals surface area (Å²) in [5.41, 5.74) is 3.14. The summed E-state index contributed by atoms with van der Waals surface area (Å²) in [7, 11) is 0. The molecule has 1 aromatic carbocycles. The number of nitrogens with zero attached hydrogens (tertiary/aromatic N) is 2. The Morgan fingerprint density at radius 1 is 1.17 bits per heavy atom. The lowest BCUT2D eigenvalue weighted by atomic mass is 10.2. The van der Waals surface area contributed by atoms with Crippen LogP contribution in [-0.2, 0) is 0 Å². The lowest BCUT2D eigenvalue weighted by Gasteiger charge is -2.23. The predicted molar refractivity (Wildman–Crippen MR) is 128 cm³/mol. The van der Waals surface area contributed by atoms with E-state index in [0.29, 0.717) is 5.02 Å². The zero-order valence-corrected chi connectivity index (χ0v) is 18.4. The third-order valence-electron chi connectivity index (χ3n) is 4.66. The van der Waals surface area contributed by atoms with Gasteiger partial charge in [-0.15, -0.1) is 0 Å². The van der Waals surface area contributed by atoms with Crippen molar-refractivity contribution < 1.29 is 0 Å². The van der Waals surface area contributed by atoms with Crippen molar-refractivity contribution in [3.05, 3.63) is 72.1 Å². The molecular formula is C24H33ClN4. The van der Waals surface area contributed by atoms with Crippen LogP contribution in [0.5, 0.6) is 0 Å². The highest BCUT2D eigenvalue weighted by atomic mass is 35.5. The van der Waals surface area contributed by atoms with Crippen molar-refractivity contribution in [2.24, 2.45) is 0 Å². The van der Waals surface area contributed by atoms with Crippen molar-refractivity contribution >= 4 is 28.2 Å². The minimum Gasteiger partial charge on any atom is -0.384 e. The summed E-state index contributed by atoms with van der Waals surface area (Å²) in [6.45, 7) is 13.0. The Labute approximate surface area is 180 Å². The molecule has 0 saturated heterocycles. The van der Waals surface area contributed by atoms with Crippen LogP contribution in [0.15, 0.2) is 67.0 Å². The Balaban J connectivity index is 1.62. The molecule has 1 aromatic heterocycles. The molecule has 0 atom stereocenters. The number of halogens is 1. The maximum Gasteiger partial charge on any atom is 0.0737 e. The second-order valence-corrected chi connectivity index (χ2v) is 7.48. The molecule has 5 heteroatoms. The number of pyridine rings is 1. The van der Waals surface area contributed by atoms with Gasteiger partial charge in [0.05, 0.1) is 5.52 Å². The van der Waals surface area contributed by atoms with E-state index in [4.69, 9.17) is 11.6 Å². The number of hydrogen-bond acceptors (Lipinski definition) is 4. The largest absolute Gasteiger partial charge is 0.384 e. The molecule has 2 rings (SSSR count). The summed E-state index contributed by atoms with van der Waals surface area (Å²) in [4.78, 5) is 6.67. The number of unbranched alkanes of at least 4 members (excludes halogenated alkanes) is 1. The van der Waals surface area contributed by atoms with E-state index in [1.165, 1.54) is 0 Å². The molecule has 0 unspecified atom stereocenters. The van der Waals surface area contributed by atoms with Gasteiger partial charge in [0.2, 0.25) is 0 Å². The van der Waals surface area contributed by atoms with E-state index >= 15 is 0 Å². The topological polar surface area (TPSA) is 40.2 Å². The predicted octanol–water partition coefficient (Wildman–Crippen LogP) is 5.64. The van der Waals surface area contributed by atoms with Gasteiger partial charge in [-0.3, -0.25) is 4.98 Å². The summed E-state index contributed by atoms with van der Waals surface area (Å²) >= 11 is 6.05. The molecule has 4 nitrogen and oxygen atoms in total. The van der Waals surface area contributed by atoms with Gasteiger partial charge in [0.15, 0.2) is 0 Å². The number of aromatic nitrogens is 1. The Hall–Kier alpha value is -2.30. The number of rotatable bonds is 13. The molecule has 2 aromatic rings. The number of allylic oxidation sites excluding steroid dienone is 4. The van der Waals surface area contributed by atoms with Gasteiger partial charge >= 0.3 is 0 Å². The Bertz CT molecular complexity index is 829. The zero-order valence-electron chi connectivity index (χ0n) is 17.6. The summed E-state index contributed by atoms with van der Waals surface area (Å²) in [6.07, 6.45) is 12.4. The first-order valence-electron chi connectivity index (χ1n) is 10.3. The minimum atomic E-state index is 0.715. The van der Waals surface area contributed by atoms with Crippen LogP contribution < -0.4 is 10.6 Å². The fraction of sp³-hybridized carbons (Fsp3) is 0.375. The van der Waals surface area contributed by atoms with Gasteiger partial charge in [0.25, 0.3) is 0 Å². The van der Waals surface area contributed by atoms with Gasteiger partial charge in [-0.1, -0.05) is 42.5 Å². The smallest absolute Gasteiger partial charge is 0.0737 e. The maximum absolute atomic E-state index is 6.05. The van der Waals surface area contributed by atoms with Crippen LogP contribution in [0.1, 0.15) is 26.7 Å². The number of fused-ring (bicyclic) bond motifs is 1. The molecule has 0 aliphatic heterocycles. The Morgan fingerprint density at radius 2 is 2.00 bits per heavy atom. The lowest BCUT2D eigenvalue weighted by Crippen LogP contribution is -2.31. The van der Waals surface area contributed by atoms with Crippen LogP contribution in [0, 0.1) is 0 Å². The number of anilines is 1. The number of hydrogen-bond donors (Lipinski definition) is 2. The molecule has 0 bridgehead atoms. The Kier molecular flexibility index (Phi) is 10.3. The van der Waals surface area contributed by atoms with Crippen molar-refractivity contribution in [1.82, 2.24) is 15.2 Å². The van der Waals surface area contributed by atoms with E-state index in [9.17, 15) is 0 Å². The maximum atomic E-state index is 6.05. The van der Waals surface area contributed by atoms with E-state index in [1.54, 1.807) is 0 Å². The monoisotopic (exact) mass is 412 g/mol. The average Bonchev–Trinajstić information content (AvgIpc) is 2.71. The highest BCUT2D eigenvalue weighted by Crippen LogP contribution is 2.24. The van der Waals surface area contributed by atoms with E-state index < -0.39 is 0 Å². The molecule has 0 fully saturated rings. The molecule has 0 spiro atoms. The van der Waals surface area contributed by atoms with Crippen LogP contribution in [-0.4, -0.2) is 42.6 Å². The van der Waals surface area contributed by atoms with Crippen molar-refractivity contribution in [1.29, 1.82) is 0 Å². The zero-order chi connectivity index (χ0) is 20.9. The molecule has 0 aliphatic carbocycles. The van der Waals surface area contributed by atoms with Gasteiger partial charge in [0.1, 0.15) is 0 Å². The third kappa shape index (κ3) is 8.30. The molecule has 2 N–H and O–H groups in total. The molecule has 0 amide bonds. The molecule has 29 heavy (non-hydrogen) atoms. The fourth-order valence-electron chi connectivity index (χ4n) is 3.03. The molecule has 0 aliphatic rings. The fourth-order valence-corrected chi connectivity index (χ4v) is 3.19. The standard InChI is InChI=1S/C24H33ClN4/c1-4-5-6-9-17-29(20(2)3)18-16-26-13-7-8-14-27-23-12-15-28-24-19-21(25)10-11-22(23)24/h4-6,9-12,15,19,26H,2,7-8,13-14,16-18H2,1,3H3,(H,27,28)/b5-4-,9-6-.